The number of amides is 1. The molecule has 3 aliphatic rings. The van der Waals surface area contributed by atoms with Crippen molar-refractivity contribution in [1.29, 1.82) is 0 Å². The molecule has 1 amide bonds. The molecule has 5 rings (SSSR count). The van der Waals surface area contributed by atoms with Gasteiger partial charge in [0.15, 0.2) is 5.82 Å². The van der Waals surface area contributed by atoms with Crippen molar-refractivity contribution in [1.82, 2.24) is 30.0 Å². The van der Waals surface area contributed by atoms with E-state index in [0.717, 1.165) is 57.2 Å². The summed E-state index contributed by atoms with van der Waals surface area (Å²) in [7, 11) is 0. The molecule has 31 heavy (non-hydrogen) atoms. The SMILES string of the molecule is O=C(Cc1nc(-c2cccnc2)n[nH]1)N1CCC2(CC1)CN(C1CCCCC1)CCO2. The maximum atomic E-state index is 12.9. The number of aromatic nitrogens is 4. The van der Waals surface area contributed by atoms with Gasteiger partial charge in [-0.2, -0.15) is 5.10 Å². The Bertz CT molecular complexity index is 871. The number of nitrogens with one attached hydrogen (secondary N) is 1. The van der Waals surface area contributed by atoms with Crippen LogP contribution in [0.25, 0.3) is 11.4 Å². The Balaban J connectivity index is 1.15. The third kappa shape index (κ3) is 4.65. The summed E-state index contributed by atoms with van der Waals surface area (Å²) >= 11 is 0. The Kier molecular flexibility index (Phi) is 6.00. The largest absolute Gasteiger partial charge is 0.372 e. The van der Waals surface area contributed by atoms with Gasteiger partial charge in [0.1, 0.15) is 5.82 Å². The van der Waals surface area contributed by atoms with Crippen LogP contribution in [-0.2, 0) is 16.0 Å². The molecule has 1 spiro atoms. The summed E-state index contributed by atoms with van der Waals surface area (Å²) in [6, 6.07) is 4.49. The van der Waals surface area contributed by atoms with Gasteiger partial charge >= 0.3 is 0 Å². The highest BCUT2D eigenvalue weighted by molar-refractivity contribution is 5.78. The third-order valence-electron chi connectivity index (χ3n) is 7.17. The van der Waals surface area contributed by atoms with Crippen LogP contribution >= 0.6 is 0 Å². The molecule has 2 aliphatic heterocycles. The minimum Gasteiger partial charge on any atom is -0.372 e. The predicted molar refractivity (Wildman–Crippen MR) is 116 cm³/mol. The Morgan fingerprint density at radius 1 is 1.19 bits per heavy atom. The van der Waals surface area contributed by atoms with E-state index in [1.54, 1.807) is 12.4 Å². The summed E-state index contributed by atoms with van der Waals surface area (Å²) in [4.78, 5) is 26.1. The maximum Gasteiger partial charge on any atom is 0.230 e. The topological polar surface area (TPSA) is 87.2 Å². The minimum absolute atomic E-state index is 0.0772. The molecule has 0 atom stereocenters. The van der Waals surface area contributed by atoms with Crippen molar-refractivity contribution in [2.75, 3.05) is 32.8 Å². The summed E-state index contributed by atoms with van der Waals surface area (Å²) in [6.45, 7) is 4.40. The van der Waals surface area contributed by atoms with Crippen molar-refractivity contribution >= 4 is 5.91 Å². The molecule has 0 radical (unpaired) electrons. The van der Waals surface area contributed by atoms with Crippen molar-refractivity contribution in [2.24, 2.45) is 0 Å². The van der Waals surface area contributed by atoms with E-state index in [9.17, 15) is 4.79 Å². The van der Waals surface area contributed by atoms with Crippen molar-refractivity contribution in [3.63, 3.8) is 0 Å². The number of rotatable bonds is 4. The normalized spacial score (nSPS) is 22.6. The van der Waals surface area contributed by atoms with E-state index < -0.39 is 0 Å². The van der Waals surface area contributed by atoms with E-state index >= 15 is 0 Å². The zero-order valence-electron chi connectivity index (χ0n) is 18.1. The van der Waals surface area contributed by atoms with Gasteiger partial charge in [-0.25, -0.2) is 4.98 Å². The van der Waals surface area contributed by atoms with Gasteiger partial charge in [-0.1, -0.05) is 19.3 Å². The molecule has 1 N–H and O–H groups in total. The number of aromatic amines is 1. The van der Waals surface area contributed by atoms with Crippen molar-refractivity contribution in [3.05, 3.63) is 30.4 Å². The first-order chi connectivity index (χ1) is 15.2. The molecule has 2 aromatic heterocycles. The Hall–Kier alpha value is -2.32. The van der Waals surface area contributed by atoms with Gasteiger partial charge in [-0.05, 0) is 37.8 Å². The van der Waals surface area contributed by atoms with Crippen LogP contribution in [0.5, 0.6) is 0 Å². The van der Waals surface area contributed by atoms with Gasteiger partial charge in [0, 0.05) is 50.2 Å². The highest BCUT2D eigenvalue weighted by Crippen LogP contribution is 2.33. The van der Waals surface area contributed by atoms with Crippen LogP contribution in [0.4, 0.5) is 0 Å². The molecule has 0 aromatic carbocycles. The second kappa shape index (κ2) is 9.04. The highest BCUT2D eigenvalue weighted by Gasteiger charge is 2.42. The summed E-state index contributed by atoms with van der Waals surface area (Å²) < 4.78 is 6.31. The lowest BCUT2D eigenvalue weighted by atomic mass is 9.86. The average molecular weight is 425 g/mol. The van der Waals surface area contributed by atoms with Crippen molar-refractivity contribution in [3.8, 4) is 11.4 Å². The Labute approximate surface area is 183 Å². The second-order valence-corrected chi connectivity index (χ2v) is 9.20. The van der Waals surface area contributed by atoms with Gasteiger partial charge < -0.3 is 9.64 Å². The highest BCUT2D eigenvalue weighted by atomic mass is 16.5. The van der Waals surface area contributed by atoms with Crippen molar-refractivity contribution in [2.45, 2.75) is 63.0 Å². The molecule has 166 valence electrons. The quantitative estimate of drug-likeness (QED) is 0.811. The summed E-state index contributed by atoms with van der Waals surface area (Å²) in [5.41, 5.74) is 0.765. The zero-order chi connectivity index (χ0) is 21.1. The fourth-order valence-corrected chi connectivity index (χ4v) is 5.35. The second-order valence-electron chi connectivity index (χ2n) is 9.20. The first-order valence-corrected chi connectivity index (χ1v) is 11.7. The number of likely N-dealkylation sites (tertiary alicyclic amines) is 1. The van der Waals surface area contributed by atoms with Crippen LogP contribution in [0.1, 0.15) is 50.8 Å². The van der Waals surface area contributed by atoms with E-state index in [0.29, 0.717) is 11.6 Å². The predicted octanol–water partition coefficient (Wildman–Crippen LogP) is 2.44. The molecule has 4 heterocycles. The average Bonchev–Trinajstić information content (AvgIpc) is 3.29. The number of nitrogens with zero attached hydrogens (tertiary/aromatic N) is 5. The molecule has 0 unspecified atom stereocenters. The van der Waals surface area contributed by atoms with Gasteiger partial charge in [0.2, 0.25) is 5.91 Å². The molecular formula is C23H32N6O2. The van der Waals surface area contributed by atoms with E-state index in [-0.39, 0.29) is 17.9 Å². The van der Waals surface area contributed by atoms with Gasteiger partial charge in [-0.3, -0.25) is 19.8 Å². The maximum absolute atomic E-state index is 12.9. The first kappa shape index (κ1) is 20.6. The monoisotopic (exact) mass is 424 g/mol. The number of H-pyrrole nitrogens is 1. The van der Waals surface area contributed by atoms with Crippen LogP contribution in [0.2, 0.25) is 0 Å². The summed E-state index contributed by atoms with van der Waals surface area (Å²) in [6.07, 6.45) is 12.3. The number of pyridine rings is 1. The van der Waals surface area contributed by atoms with Gasteiger partial charge in [0.25, 0.3) is 0 Å². The smallest absolute Gasteiger partial charge is 0.230 e. The molecule has 2 saturated heterocycles. The number of ether oxygens (including phenoxy) is 1. The third-order valence-corrected chi connectivity index (χ3v) is 7.17. The number of piperidine rings is 1. The van der Waals surface area contributed by atoms with E-state index in [2.05, 4.69) is 25.1 Å². The van der Waals surface area contributed by atoms with E-state index in [1.807, 2.05) is 17.0 Å². The van der Waals surface area contributed by atoms with Crippen LogP contribution < -0.4 is 0 Å². The first-order valence-electron chi connectivity index (χ1n) is 11.7. The van der Waals surface area contributed by atoms with E-state index in [1.165, 1.54) is 32.1 Å². The van der Waals surface area contributed by atoms with Gasteiger partial charge in [0.05, 0.1) is 18.6 Å². The molecule has 2 aromatic rings. The molecule has 3 fully saturated rings. The number of hydrogen-bond donors (Lipinski definition) is 1. The van der Waals surface area contributed by atoms with Crippen LogP contribution in [0, 0.1) is 0 Å². The number of carbonyl (C=O) groups is 1. The Morgan fingerprint density at radius 2 is 2.03 bits per heavy atom. The molecule has 1 aliphatic carbocycles. The number of morpholine rings is 1. The Morgan fingerprint density at radius 3 is 2.81 bits per heavy atom. The molecule has 0 bridgehead atoms. The molecule has 8 heteroatoms. The number of carbonyl (C=O) groups excluding carboxylic acids is 1. The lowest BCUT2D eigenvalue weighted by Crippen LogP contribution is -2.59. The molecule has 1 saturated carbocycles. The lowest BCUT2D eigenvalue weighted by molar-refractivity contribution is -0.155. The summed E-state index contributed by atoms with van der Waals surface area (Å²) in [5.74, 6) is 1.28. The van der Waals surface area contributed by atoms with Crippen LogP contribution in [0.3, 0.4) is 0 Å². The lowest BCUT2D eigenvalue weighted by Gasteiger charge is -2.49. The standard InChI is InChI=1S/C23H32N6O2/c30-21(15-20-25-22(27-26-20)18-5-4-10-24-16-18)28-11-8-23(9-12-28)17-29(13-14-31-23)19-6-2-1-3-7-19/h4-5,10,16,19H,1-3,6-9,11-15,17H2,(H,25,26,27). The number of hydrogen-bond acceptors (Lipinski definition) is 6. The summed E-state index contributed by atoms with van der Waals surface area (Å²) in [5, 5.41) is 7.14. The fraction of sp³-hybridized carbons (Fsp3) is 0.652. The van der Waals surface area contributed by atoms with Crippen molar-refractivity contribution < 1.29 is 9.53 Å². The minimum atomic E-state index is -0.0772. The van der Waals surface area contributed by atoms with E-state index in [4.69, 9.17) is 4.74 Å². The van der Waals surface area contributed by atoms with Crippen LogP contribution in [-0.4, -0.2) is 80.3 Å². The molecule has 8 nitrogen and oxygen atoms in total. The van der Waals surface area contributed by atoms with Gasteiger partial charge in [-0.15, -0.1) is 0 Å². The molecular weight excluding hydrogens is 392 g/mol. The fourth-order valence-electron chi connectivity index (χ4n) is 5.35. The van der Waals surface area contributed by atoms with Crippen LogP contribution in [0.15, 0.2) is 24.5 Å². The zero-order valence-corrected chi connectivity index (χ0v) is 18.1.